The van der Waals surface area contributed by atoms with E-state index in [1.807, 2.05) is 17.9 Å². The van der Waals surface area contributed by atoms with E-state index >= 15 is 0 Å². The molecule has 1 aliphatic heterocycles. The standard InChI is InChI=1S/C21H25N5O/c1-15-3-5-17(6-4-15)7-8-18-10-13-25(14-11-18)20(27)19-23-21-22-12-9-16(2)26(21)24-19/h3-6,9,12,18H,7-8,10-11,13-14H2,1-2H3. The number of likely N-dealkylation sites (tertiary alicyclic amines) is 1. The van der Waals surface area contributed by atoms with Gasteiger partial charge in [0.25, 0.3) is 11.7 Å². The predicted octanol–water partition coefficient (Wildman–Crippen LogP) is 3.23. The number of nitrogens with zero attached hydrogens (tertiary/aromatic N) is 5. The first-order valence-electron chi connectivity index (χ1n) is 9.63. The van der Waals surface area contributed by atoms with Crippen LogP contribution in [0.3, 0.4) is 0 Å². The van der Waals surface area contributed by atoms with Gasteiger partial charge in [-0.25, -0.2) is 9.50 Å². The van der Waals surface area contributed by atoms with Crippen molar-refractivity contribution >= 4 is 11.7 Å². The zero-order chi connectivity index (χ0) is 18.8. The minimum Gasteiger partial charge on any atom is -0.336 e. The average molecular weight is 363 g/mol. The first kappa shape index (κ1) is 17.6. The van der Waals surface area contributed by atoms with Gasteiger partial charge < -0.3 is 4.90 Å². The highest BCUT2D eigenvalue weighted by Gasteiger charge is 2.26. The second-order valence-corrected chi connectivity index (χ2v) is 7.49. The largest absolute Gasteiger partial charge is 0.336 e. The Balaban J connectivity index is 1.33. The van der Waals surface area contributed by atoms with Crippen molar-refractivity contribution in [1.29, 1.82) is 0 Å². The molecule has 6 heteroatoms. The summed E-state index contributed by atoms with van der Waals surface area (Å²) < 4.78 is 1.63. The fourth-order valence-electron chi connectivity index (χ4n) is 3.69. The van der Waals surface area contributed by atoms with Gasteiger partial charge in [-0.1, -0.05) is 29.8 Å². The minimum atomic E-state index is -0.0862. The molecule has 4 rings (SSSR count). The molecule has 3 aromatic rings. The normalized spacial score (nSPS) is 15.4. The number of hydrogen-bond acceptors (Lipinski definition) is 4. The van der Waals surface area contributed by atoms with Crippen molar-refractivity contribution in [2.45, 2.75) is 39.5 Å². The Morgan fingerprint density at radius 2 is 1.85 bits per heavy atom. The first-order valence-corrected chi connectivity index (χ1v) is 9.63. The monoisotopic (exact) mass is 363 g/mol. The van der Waals surface area contributed by atoms with Gasteiger partial charge in [-0.05, 0) is 57.1 Å². The quantitative estimate of drug-likeness (QED) is 0.714. The van der Waals surface area contributed by atoms with E-state index in [-0.39, 0.29) is 11.7 Å². The van der Waals surface area contributed by atoms with Gasteiger partial charge in [-0.2, -0.15) is 4.98 Å². The number of benzene rings is 1. The SMILES string of the molecule is Cc1ccc(CCC2CCN(C(=O)c3nc4nccc(C)n4n3)CC2)cc1. The van der Waals surface area contributed by atoms with Gasteiger partial charge in [0.15, 0.2) is 0 Å². The van der Waals surface area contributed by atoms with Crippen molar-refractivity contribution in [1.82, 2.24) is 24.5 Å². The van der Waals surface area contributed by atoms with Crippen molar-refractivity contribution < 1.29 is 4.79 Å². The molecule has 6 nitrogen and oxygen atoms in total. The Morgan fingerprint density at radius 1 is 1.11 bits per heavy atom. The van der Waals surface area contributed by atoms with E-state index in [2.05, 4.69) is 46.3 Å². The highest BCUT2D eigenvalue weighted by molar-refractivity contribution is 5.90. The molecule has 2 aromatic heterocycles. The summed E-state index contributed by atoms with van der Waals surface area (Å²) in [6.07, 6.45) is 6.07. The van der Waals surface area contributed by atoms with Gasteiger partial charge in [0.05, 0.1) is 0 Å². The molecule has 0 atom stereocenters. The maximum atomic E-state index is 12.8. The molecule has 1 aliphatic rings. The van der Waals surface area contributed by atoms with E-state index in [9.17, 15) is 4.79 Å². The van der Waals surface area contributed by atoms with E-state index < -0.39 is 0 Å². The molecular weight excluding hydrogens is 338 g/mol. The molecule has 1 saturated heterocycles. The van der Waals surface area contributed by atoms with Crippen LogP contribution in [0.1, 0.15) is 46.7 Å². The third-order valence-electron chi connectivity index (χ3n) is 5.48. The van der Waals surface area contributed by atoms with Gasteiger partial charge in [-0.3, -0.25) is 4.79 Å². The summed E-state index contributed by atoms with van der Waals surface area (Å²) >= 11 is 0. The van der Waals surface area contributed by atoms with Crippen LogP contribution in [0.4, 0.5) is 0 Å². The summed E-state index contributed by atoms with van der Waals surface area (Å²) in [5.41, 5.74) is 3.62. The van der Waals surface area contributed by atoms with Crippen LogP contribution in [-0.2, 0) is 6.42 Å². The maximum absolute atomic E-state index is 12.8. The summed E-state index contributed by atoms with van der Waals surface area (Å²) in [7, 11) is 0. The van der Waals surface area contributed by atoms with E-state index in [0.717, 1.165) is 38.0 Å². The van der Waals surface area contributed by atoms with Crippen LogP contribution in [0.2, 0.25) is 0 Å². The lowest BCUT2D eigenvalue weighted by molar-refractivity contribution is 0.0675. The lowest BCUT2D eigenvalue weighted by atomic mass is 9.90. The fraction of sp³-hybridized carbons (Fsp3) is 0.429. The van der Waals surface area contributed by atoms with Gasteiger partial charge in [0, 0.05) is 25.0 Å². The molecule has 1 aromatic carbocycles. The summed E-state index contributed by atoms with van der Waals surface area (Å²) in [4.78, 5) is 23.1. The van der Waals surface area contributed by atoms with E-state index in [4.69, 9.17) is 0 Å². The molecule has 27 heavy (non-hydrogen) atoms. The highest BCUT2D eigenvalue weighted by atomic mass is 16.2. The van der Waals surface area contributed by atoms with Crippen LogP contribution in [0.5, 0.6) is 0 Å². The van der Waals surface area contributed by atoms with Crippen molar-refractivity contribution in [2.75, 3.05) is 13.1 Å². The number of aryl methyl sites for hydroxylation is 3. The molecule has 0 spiro atoms. The summed E-state index contributed by atoms with van der Waals surface area (Å²) in [6.45, 7) is 5.60. The molecule has 1 fully saturated rings. The molecule has 0 radical (unpaired) electrons. The molecular formula is C21H25N5O. The number of piperidine rings is 1. The highest BCUT2D eigenvalue weighted by Crippen LogP contribution is 2.23. The van der Waals surface area contributed by atoms with Crippen LogP contribution < -0.4 is 0 Å². The van der Waals surface area contributed by atoms with Crippen LogP contribution in [0.25, 0.3) is 5.78 Å². The van der Waals surface area contributed by atoms with E-state index in [1.54, 1.807) is 10.7 Å². The Kier molecular flexibility index (Phi) is 4.88. The smallest absolute Gasteiger partial charge is 0.293 e. The van der Waals surface area contributed by atoms with Gasteiger partial charge in [0.2, 0.25) is 5.82 Å². The third kappa shape index (κ3) is 3.84. The number of carbonyl (C=O) groups excluding carboxylic acids is 1. The number of amides is 1. The molecule has 0 aliphatic carbocycles. The molecule has 0 saturated carbocycles. The zero-order valence-corrected chi connectivity index (χ0v) is 15.9. The number of fused-ring (bicyclic) bond motifs is 1. The van der Waals surface area contributed by atoms with Gasteiger partial charge in [0.1, 0.15) is 0 Å². The number of carbonyl (C=O) groups is 1. The van der Waals surface area contributed by atoms with Crippen molar-refractivity contribution in [3.05, 3.63) is 59.2 Å². The zero-order valence-electron chi connectivity index (χ0n) is 15.9. The topological polar surface area (TPSA) is 63.4 Å². The van der Waals surface area contributed by atoms with E-state index in [1.165, 1.54) is 17.5 Å². The van der Waals surface area contributed by atoms with Crippen molar-refractivity contribution in [3.8, 4) is 0 Å². The number of hydrogen-bond donors (Lipinski definition) is 0. The first-order chi connectivity index (χ1) is 13.1. The van der Waals surface area contributed by atoms with Gasteiger partial charge >= 0.3 is 0 Å². The Bertz CT molecular complexity index is 939. The minimum absolute atomic E-state index is 0.0862. The predicted molar refractivity (Wildman–Crippen MR) is 104 cm³/mol. The second kappa shape index (κ2) is 7.47. The fourth-order valence-corrected chi connectivity index (χ4v) is 3.69. The van der Waals surface area contributed by atoms with Crippen molar-refractivity contribution in [3.63, 3.8) is 0 Å². The van der Waals surface area contributed by atoms with Gasteiger partial charge in [-0.15, -0.1) is 5.10 Å². The Morgan fingerprint density at radius 3 is 2.56 bits per heavy atom. The van der Waals surface area contributed by atoms with E-state index in [0.29, 0.717) is 11.7 Å². The van der Waals surface area contributed by atoms with Crippen LogP contribution in [0, 0.1) is 19.8 Å². The number of aromatic nitrogens is 4. The molecule has 0 bridgehead atoms. The molecule has 0 N–H and O–H groups in total. The summed E-state index contributed by atoms with van der Waals surface area (Å²) in [5.74, 6) is 1.31. The average Bonchev–Trinajstić information content (AvgIpc) is 3.13. The van der Waals surface area contributed by atoms with Crippen LogP contribution in [-0.4, -0.2) is 43.5 Å². The third-order valence-corrected chi connectivity index (χ3v) is 5.48. The summed E-state index contributed by atoms with van der Waals surface area (Å²) in [6, 6.07) is 10.7. The number of rotatable bonds is 4. The Hall–Kier alpha value is -2.76. The Labute approximate surface area is 159 Å². The molecule has 3 heterocycles. The van der Waals surface area contributed by atoms with Crippen molar-refractivity contribution in [2.24, 2.45) is 5.92 Å². The summed E-state index contributed by atoms with van der Waals surface area (Å²) in [5, 5.41) is 4.34. The van der Waals surface area contributed by atoms with Crippen LogP contribution in [0.15, 0.2) is 36.5 Å². The second-order valence-electron chi connectivity index (χ2n) is 7.49. The molecule has 140 valence electrons. The maximum Gasteiger partial charge on any atom is 0.293 e. The lowest BCUT2D eigenvalue weighted by Crippen LogP contribution is -2.39. The van der Waals surface area contributed by atoms with Crippen LogP contribution >= 0.6 is 0 Å². The lowest BCUT2D eigenvalue weighted by Gasteiger charge is -2.31. The molecule has 0 unspecified atom stereocenters. The molecule has 1 amide bonds.